The van der Waals surface area contributed by atoms with E-state index in [9.17, 15) is 4.79 Å². The first-order valence-corrected chi connectivity index (χ1v) is 9.68. The second-order valence-electron chi connectivity index (χ2n) is 6.94. The number of benzene rings is 2. The molecule has 0 saturated carbocycles. The largest absolute Gasteiger partial charge is 0.486 e. The Morgan fingerprint density at radius 2 is 1.56 bits per heavy atom. The predicted molar refractivity (Wildman–Crippen MR) is 104 cm³/mol. The van der Waals surface area contributed by atoms with Crippen LogP contribution in [-0.2, 0) is 17.8 Å². The number of carbonyl (C=O) groups is 1. The molecule has 0 unspecified atom stereocenters. The molecule has 5 nitrogen and oxygen atoms in total. The topological polar surface area (TPSA) is 42.0 Å². The maximum absolute atomic E-state index is 12.7. The predicted octanol–water partition coefficient (Wildman–Crippen LogP) is 3.00. The number of nitrogens with zero attached hydrogens (tertiary/aromatic N) is 2. The lowest BCUT2D eigenvalue weighted by Crippen LogP contribution is -2.48. The highest BCUT2D eigenvalue weighted by Crippen LogP contribution is 2.31. The van der Waals surface area contributed by atoms with E-state index >= 15 is 0 Å². The lowest BCUT2D eigenvalue weighted by molar-refractivity contribution is -0.132. The third-order valence-corrected chi connectivity index (χ3v) is 5.26. The minimum absolute atomic E-state index is 0.165. The van der Waals surface area contributed by atoms with Gasteiger partial charge in [-0.2, -0.15) is 0 Å². The van der Waals surface area contributed by atoms with Crippen molar-refractivity contribution in [1.82, 2.24) is 9.80 Å². The van der Waals surface area contributed by atoms with E-state index in [1.807, 2.05) is 35.2 Å². The zero-order valence-corrected chi connectivity index (χ0v) is 16.0. The number of carbonyl (C=O) groups excluding carboxylic acids is 1. The van der Waals surface area contributed by atoms with E-state index in [-0.39, 0.29) is 5.91 Å². The van der Waals surface area contributed by atoms with Crippen molar-refractivity contribution in [2.75, 3.05) is 39.4 Å². The van der Waals surface area contributed by atoms with Crippen molar-refractivity contribution in [2.24, 2.45) is 0 Å². The second kappa shape index (κ2) is 8.19. The molecule has 0 aromatic heterocycles. The molecule has 2 aliphatic heterocycles. The van der Waals surface area contributed by atoms with Crippen molar-refractivity contribution >= 4 is 17.5 Å². The van der Waals surface area contributed by atoms with E-state index < -0.39 is 0 Å². The number of ether oxygens (including phenoxy) is 2. The molecule has 2 aliphatic rings. The molecule has 0 spiro atoms. The lowest BCUT2D eigenvalue weighted by Gasteiger charge is -2.35. The number of piperazine rings is 1. The van der Waals surface area contributed by atoms with E-state index in [0.29, 0.717) is 19.6 Å². The van der Waals surface area contributed by atoms with Crippen LogP contribution < -0.4 is 9.47 Å². The number of hydrogen-bond acceptors (Lipinski definition) is 4. The minimum atomic E-state index is 0.165. The summed E-state index contributed by atoms with van der Waals surface area (Å²) in [7, 11) is 0. The van der Waals surface area contributed by atoms with Gasteiger partial charge in [-0.3, -0.25) is 9.69 Å². The van der Waals surface area contributed by atoms with Gasteiger partial charge in [-0.1, -0.05) is 29.8 Å². The van der Waals surface area contributed by atoms with Crippen molar-refractivity contribution in [3.63, 3.8) is 0 Å². The first-order valence-electron chi connectivity index (χ1n) is 9.30. The normalized spacial score (nSPS) is 17.0. The molecule has 0 N–H and O–H groups in total. The summed E-state index contributed by atoms with van der Waals surface area (Å²) in [6.45, 7) is 5.31. The average Bonchev–Trinajstić information content (AvgIpc) is 2.70. The van der Waals surface area contributed by atoms with Gasteiger partial charge in [0.05, 0.1) is 6.42 Å². The van der Waals surface area contributed by atoms with Crippen LogP contribution in [0.15, 0.2) is 42.5 Å². The average molecular weight is 387 g/mol. The summed E-state index contributed by atoms with van der Waals surface area (Å²) < 4.78 is 11.1. The van der Waals surface area contributed by atoms with Gasteiger partial charge in [0.15, 0.2) is 11.5 Å². The number of halogens is 1. The molecule has 0 atom stereocenters. The molecule has 4 rings (SSSR count). The van der Waals surface area contributed by atoms with Crippen LogP contribution in [0.2, 0.25) is 5.02 Å². The molecule has 2 aromatic carbocycles. The number of amides is 1. The van der Waals surface area contributed by atoms with Gasteiger partial charge < -0.3 is 14.4 Å². The van der Waals surface area contributed by atoms with Crippen LogP contribution in [-0.4, -0.2) is 55.1 Å². The van der Waals surface area contributed by atoms with E-state index in [1.54, 1.807) is 0 Å². The van der Waals surface area contributed by atoms with E-state index in [0.717, 1.165) is 54.8 Å². The molecule has 0 bridgehead atoms. The highest BCUT2D eigenvalue weighted by molar-refractivity contribution is 6.30. The molecular formula is C21H23ClN2O3. The van der Waals surface area contributed by atoms with Gasteiger partial charge in [-0.15, -0.1) is 0 Å². The van der Waals surface area contributed by atoms with Crippen LogP contribution >= 0.6 is 11.6 Å². The molecule has 27 heavy (non-hydrogen) atoms. The van der Waals surface area contributed by atoms with E-state index in [2.05, 4.69) is 17.0 Å². The van der Waals surface area contributed by atoms with Crippen LogP contribution in [0.5, 0.6) is 11.5 Å². The first-order chi connectivity index (χ1) is 13.2. The molecule has 2 aromatic rings. The third kappa shape index (κ3) is 4.54. The van der Waals surface area contributed by atoms with Crippen molar-refractivity contribution in [2.45, 2.75) is 13.0 Å². The van der Waals surface area contributed by atoms with Crippen LogP contribution in [0.4, 0.5) is 0 Å². The Hall–Kier alpha value is -2.24. The van der Waals surface area contributed by atoms with Crippen LogP contribution in [0.25, 0.3) is 0 Å². The molecule has 0 radical (unpaired) electrons. The quantitative estimate of drug-likeness (QED) is 0.810. The number of fused-ring (bicyclic) bond motifs is 1. The zero-order valence-electron chi connectivity index (χ0n) is 15.2. The highest BCUT2D eigenvalue weighted by Gasteiger charge is 2.22. The second-order valence-corrected chi connectivity index (χ2v) is 7.37. The standard InChI is InChI=1S/C21H23ClN2O3/c22-18-4-1-16(2-5-18)15-23-7-9-24(10-8-23)21(25)14-17-3-6-19-20(13-17)27-12-11-26-19/h1-6,13H,7-12,14-15H2. The van der Waals surface area contributed by atoms with Crippen LogP contribution in [0.1, 0.15) is 11.1 Å². The zero-order chi connectivity index (χ0) is 18.6. The molecule has 6 heteroatoms. The summed E-state index contributed by atoms with van der Waals surface area (Å²) in [4.78, 5) is 17.0. The van der Waals surface area contributed by atoms with Gasteiger partial charge in [-0.25, -0.2) is 0 Å². The van der Waals surface area contributed by atoms with Gasteiger partial charge in [-0.05, 0) is 35.4 Å². The van der Waals surface area contributed by atoms with Gasteiger partial charge in [0, 0.05) is 37.7 Å². The van der Waals surface area contributed by atoms with Crippen molar-refractivity contribution in [3.8, 4) is 11.5 Å². The molecule has 142 valence electrons. The fraction of sp³-hybridized carbons (Fsp3) is 0.381. The molecule has 1 amide bonds. The SMILES string of the molecule is O=C(Cc1ccc2c(c1)OCCO2)N1CCN(Cc2ccc(Cl)cc2)CC1. The third-order valence-electron chi connectivity index (χ3n) is 5.01. The van der Waals surface area contributed by atoms with Gasteiger partial charge in [0.2, 0.25) is 5.91 Å². The Kier molecular flexibility index (Phi) is 5.50. The monoisotopic (exact) mass is 386 g/mol. The summed E-state index contributed by atoms with van der Waals surface area (Å²) in [5, 5.41) is 0.758. The Labute approximate surface area is 164 Å². The maximum Gasteiger partial charge on any atom is 0.227 e. The highest BCUT2D eigenvalue weighted by atomic mass is 35.5. The van der Waals surface area contributed by atoms with Gasteiger partial charge in [0.1, 0.15) is 13.2 Å². The summed E-state index contributed by atoms with van der Waals surface area (Å²) >= 11 is 5.94. The Morgan fingerprint density at radius 3 is 2.30 bits per heavy atom. The summed E-state index contributed by atoms with van der Waals surface area (Å²) in [6.07, 6.45) is 0.397. The van der Waals surface area contributed by atoms with Gasteiger partial charge in [0.25, 0.3) is 0 Å². The van der Waals surface area contributed by atoms with Crippen LogP contribution in [0.3, 0.4) is 0 Å². The van der Waals surface area contributed by atoms with E-state index in [1.165, 1.54) is 5.56 Å². The fourth-order valence-electron chi connectivity index (χ4n) is 3.49. The molecule has 1 fully saturated rings. The Bertz CT molecular complexity index is 802. The summed E-state index contributed by atoms with van der Waals surface area (Å²) in [6, 6.07) is 13.7. The minimum Gasteiger partial charge on any atom is -0.486 e. The maximum atomic E-state index is 12.7. The fourth-order valence-corrected chi connectivity index (χ4v) is 3.61. The van der Waals surface area contributed by atoms with Crippen molar-refractivity contribution < 1.29 is 14.3 Å². The summed E-state index contributed by atoms with van der Waals surface area (Å²) in [5.74, 6) is 1.66. The van der Waals surface area contributed by atoms with Gasteiger partial charge >= 0.3 is 0 Å². The van der Waals surface area contributed by atoms with Crippen LogP contribution in [0, 0.1) is 0 Å². The van der Waals surface area contributed by atoms with Crippen molar-refractivity contribution in [3.05, 3.63) is 58.6 Å². The Morgan fingerprint density at radius 1 is 0.889 bits per heavy atom. The Balaban J connectivity index is 1.29. The summed E-state index contributed by atoms with van der Waals surface area (Å²) in [5.41, 5.74) is 2.21. The molecule has 0 aliphatic carbocycles. The molecular weight excluding hydrogens is 364 g/mol. The number of hydrogen-bond donors (Lipinski definition) is 0. The van der Waals surface area contributed by atoms with Crippen molar-refractivity contribution in [1.29, 1.82) is 0 Å². The molecule has 1 saturated heterocycles. The molecule has 2 heterocycles. The lowest BCUT2D eigenvalue weighted by atomic mass is 10.1. The van der Waals surface area contributed by atoms with E-state index in [4.69, 9.17) is 21.1 Å². The first kappa shape index (κ1) is 18.1. The smallest absolute Gasteiger partial charge is 0.227 e. The number of rotatable bonds is 4.